The van der Waals surface area contributed by atoms with Crippen molar-refractivity contribution in [2.24, 2.45) is 5.41 Å². The summed E-state index contributed by atoms with van der Waals surface area (Å²) in [7, 11) is -1.97. The van der Waals surface area contributed by atoms with E-state index in [1.807, 2.05) is 25.1 Å². The summed E-state index contributed by atoms with van der Waals surface area (Å²) in [6, 6.07) is 10.7. The van der Waals surface area contributed by atoms with Gasteiger partial charge in [0.25, 0.3) is 10.0 Å². The molecule has 1 aliphatic heterocycles. The molecule has 2 atom stereocenters. The zero-order chi connectivity index (χ0) is 20.3. The van der Waals surface area contributed by atoms with Gasteiger partial charge in [-0.05, 0) is 30.9 Å². The van der Waals surface area contributed by atoms with Crippen LogP contribution < -0.4 is 4.31 Å². The fourth-order valence-corrected chi connectivity index (χ4v) is 6.20. The van der Waals surface area contributed by atoms with E-state index in [0.29, 0.717) is 17.7 Å². The summed E-state index contributed by atoms with van der Waals surface area (Å²) < 4.78 is 33.2. The molecule has 2 aromatic rings. The molecule has 7 heteroatoms. The van der Waals surface area contributed by atoms with Gasteiger partial charge in [-0.2, -0.15) is 0 Å². The number of likely N-dealkylation sites (N-methyl/N-ethyl adjacent to an activating group) is 1. The molecule has 150 valence electrons. The average molecular weight is 403 g/mol. The van der Waals surface area contributed by atoms with Crippen LogP contribution in [0.1, 0.15) is 27.2 Å². The van der Waals surface area contributed by atoms with Gasteiger partial charge in [-0.3, -0.25) is 9.10 Å². The summed E-state index contributed by atoms with van der Waals surface area (Å²) in [4.78, 5) is 15.0. The number of hydrogen-bond acceptors (Lipinski definition) is 4. The maximum absolute atomic E-state index is 13.1. The van der Waals surface area contributed by atoms with Gasteiger partial charge >= 0.3 is 0 Å². The van der Waals surface area contributed by atoms with Crippen LogP contribution in [0, 0.1) is 5.41 Å². The molecule has 1 amide bonds. The molecule has 2 aromatic carbocycles. The molecule has 0 saturated heterocycles. The topological polar surface area (TPSA) is 66.9 Å². The summed E-state index contributed by atoms with van der Waals surface area (Å²) in [6.45, 7) is 6.60. The van der Waals surface area contributed by atoms with Crippen LogP contribution in [-0.4, -0.2) is 51.6 Å². The van der Waals surface area contributed by atoms with Gasteiger partial charge in [-0.1, -0.05) is 38.1 Å². The van der Waals surface area contributed by atoms with Gasteiger partial charge in [0, 0.05) is 30.5 Å². The second-order valence-electron chi connectivity index (χ2n) is 8.16. The Hall–Kier alpha value is -2.12. The van der Waals surface area contributed by atoms with Crippen molar-refractivity contribution in [2.45, 2.75) is 44.2 Å². The highest BCUT2D eigenvalue weighted by atomic mass is 32.2. The van der Waals surface area contributed by atoms with Gasteiger partial charge in [-0.15, -0.1) is 0 Å². The van der Waals surface area contributed by atoms with Crippen LogP contribution in [0.15, 0.2) is 41.3 Å². The summed E-state index contributed by atoms with van der Waals surface area (Å²) in [5, 5.41) is 1.56. The molecule has 1 saturated carbocycles. The maximum Gasteiger partial charge on any atom is 0.265 e. The zero-order valence-electron chi connectivity index (χ0n) is 16.7. The number of ether oxygens (including phenoxy) is 1. The van der Waals surface area contributed by atoms with E-state index in [0.717, 1.165) is 11.8 Å². The van der Waals surface area contributed by atoms with Gasteiger partial charge in [-0.25, -0.2) is 8.42 Å². The fourth-order valence-electron chi connectivity index (χ4n) is 4.54. The van der Waals surface area contributed by atoms with Crippen molar-refractivity contribution in [3.8, 4) is 0 Å². The standard InChI is InChI=1S/C21H26N2O4S/c1-5-27-18-12-17(21(18,2)3)22(4)19(24)13-23-15-10-6-8-14-9-7-11-16(20(14)15)28(23,25)26/h6-11,17-18H,5,12-13H2,1-4H3/t17-,18+/m0/s1. The second kappa shape index (κ2) is 6.46. The molecule has 0 radical (unpaired) electrons. The smallest absolute Gasteiger partial charge is 0.265 e. The Bertz CT molecular complexity index is 1040. The first-order valence-corrected chi connectivity index (χ1v) is 11.0. The van der Waals surface area contributed by atoms with Crippen molar-refractivity contribution in [1.82, 2.24) is 4.90 Å². The first kappa shape index (κ1) is 19.2. The highest BCUT2D eigenvalue weighted by Crippen LogP contribution is 2.46. The number of carbonyl (C=O) groups is 1. The third-order valence-corrected chi connectivity index (χ3v) is 8.12. The summed E-state index contributed by atoms with van der Waals surface area (Å²) >= 11 is 0. The summed E-state index contributed by atoms with van der Waals surface area (Å²) in [5.41, 5.74) is 0.419. The van der Waals surface area contributed by atoms with Gasteiger partial charge in [0.1, 0.15) is 6.54 Å². The number of hydrogen-bond donors (Lipinski definition) is 0. The predicted molar refractivity (Wildman–Crippen MR) is 109 cm³/mol. The van der Waals surface area contributed by atoms with E-state index in [-0.39, 0.29) is 34.9 Å². The maximum atomic E-state index is 13.1. The van der Waals surface area contributed by atoms with Gasteiger partial charge < -0.3 is 9.64 Å². The molecular formula is C21H26N2O4S. The van der Waals surface area contributed by atoms with Gasteiger partial charge in [0.2, 0.25) is 5.91 Å². The Balaban J connectivity index is 1.59. The Labute approximate surface area is 166 Å². The Kier molecular flexibility index (Phi) is 4.43. The number of carbonyl (C=O) groups excluding carboxylic acids is 1. The first-order valence-electron chi connectivity index (χ1n) is 9.61. The Morgan fingerprint density at radius 2 is 1.93 bits per heavy atom. The normalized spacial score (nSPS) is 24.2. The van der Waals surface area contributed by atoms with E-state index in [2.05, 4.69) is 13.8 Å². The van der Waals surface area contributed by atoms with Crippen molar-refractivity contribution >= 4 is 32.4 Å². The molecule has 0 unspecified atom stereocenters. The SMILES string of the molecule is CCO[C@@H]1C[C@H](N(C)C(=O)CN2c3cccc4cccc(c34)S2(=O)=O)C1(C)C. The Morgan fingerprint density at radius 3 is 2.57 bits per heavy atom. The molecule has 4 rings (SSSR count). The lowest BCUT2D eigenvalue weighted by Gasteiger charge is -2.54. The molecule has 0 bridgehead atoms. The van der Waals surface area contributed by atoms with Crippen molar-refractivity contribution in [2.75, 3.05) is 24.5 Å². The number of anilines is 1. The number of nitrogens with zero attached hydrogens (tertiary/aromatic N) is 2. The molecular weight excluding hydrogens is 376 g/mol. The van der Waals surface area contributed by atoms with Crippen molar-refractivity contribution in [3.05, 3.63) is 36.4 Å². The van der Waals surface area contributed by atoms with Crippen LogP contribution in [0.2, 0.25) is 0 Å². The fraction of sp³-hybridized carbons (Fsp3) is 0.476. The summed E-state index contributed by atoms with van der Waals surface area (Å²) in [6.07, 6.45) is 0.886. The van der Waals surface area contributed by atoms with Crippen LogP contribution in [0.25, 0.3) is 10.8 Å². The van der Waals surface area contributed by atoms with E-state index in [4.69, 9.17) is 4.74 Å². The van der Waals surface area contributed by atoms with Crippen LogP contribution in [0.3, 0.4) is 0 Å². The first-order chi connectivity index (χ1) is 13.2. The van der Waals surface area contributed by atoms with Crippen LogP contribution in [-0.2, 0) is 19.6 Å². The monoisotopic (exact) mass is 402 g/mol. The average Bonchev–Trinajstić information content (AvgIpc) is 2.87. The Morgan fingerprint density at radius 1 is 1.25 bits per heavy atom. The largest absolute Gasteiger partial charge is 0.378 e. The number of amides is 1. The van der Waals surface area contributed by atoms with E-state index in [9.17, 15) is 13.2 Å². The van der Waals surface area contributed by atoms with Crippen molar-refractivity contribution < 1.29 is 17.9 Å². The minimum Gasteiger partial charge on any atom is -0.378 e. The molecule has 1 fully saturated rings. The molecule has 6 nitrogen and oxygen atoms in total. The molecule has 1 aliphatic carbocycles. The van der Waals surface area contributed by atoms with Crippen molar-refractivity contribution in [3.63, 3.8) is 0 Å². The lowest BCUT2D eigenvalue weighted by Crippen LogP contribution is -2.63. The summed E-state index contributed by atoms with van der Waals surface area (Å²) in [5.74, 6) is -0.207. The predicted octanol–water partition coefficient (Wildman–Crippen LogP) is 3.01. The van der Waals surface area contributed by atoms with E-state index in [1.54, 1.807) is 30.1 Å². The minimum absolute atomic E-state index is 0.0278. The number of rotatable bonds is 5. The van der Waals surface area contributed by atoms with Crippen LogP contribution in [0.4, 0.5) is 5.69 Å². The van der Waals surface area contributed by atoms with E-state index in [1.165, 1.54) is 4.31 Å². The molecule has 0 aromatic heterocycles. The van der Waals surface area contributed by atoms with Gasteiger partial charge in [0.05, 0.1) is 16.7 Å². The van der Waals surface area contributed by atoms with Crippen molar-refractivity contribution in [1.29, 1.82) is 0 Å². The highest BCUT2D eigenvalue weighted by Gasteiger charge is 2.52. The molecule has 0 spiro atoms. The molecule has 28 heavy (non-hydrogen) atoms. The quantitative estimate of drug-likeness (QED) is 0.771. The van der Waals surface area contributed by atoms with Crippen LogP contribution >= 0.6 is 0 Å². The highest BCUT2D eigenvalue weighted by molar-refractivity contribution is 7.93. The number of sulfonamides is 1. The lowest BCUT2D eigenvalue weighted by molar-refractivity contribution is -0.162. The second-order valence-corrected chi connectivity index (χ2v) is 10.00. The van der Waals surface area contributed by atoms with Gasteiger partial charge in [0.15, 0.2) is 0 Å². The molecule has 0 N–H and O–H groups in total. The third kappa shape index (κ3) is 2.63. The lowest BCUT2D eigenvalue weighted by atomic mass is 9.64. The molecule has 1 heterocycles. The third-order valence-electron chi connectivity index (χ3n) is 6.31. The number of benzene rings is 2. The van der Waals surface area contributed by atoms with E-state index < -0.39 is 10.0 Å². The minimum atomic E-state index is -3.73. The molecule has 2 aliphatic rings. The van der Waals surface area contributed by atoms with Crippen LogP contribution in [0.5, 0.6) is 0 Å². The zero-order valence-corrected chi connectivity index (χ0v) is 17.5. The van der Waals surface area contributed by atoms with E-state index >= 15 is 0 Å².